The molecule has 1 aromatic heterocycles. The van der Waals surface area contributed by atoms with Gasteiger partial charge in [0, 0.05) is 6.54 Å². The summed E-state index contributed by atoms with van der Waals surface area (Å²) in [7, 11) is 0. The number of furan rings is 1. The van der Waals surface area contributed by atoms with Crippen molar-refractivity contribution in [1.82, 2.24) is 5.32 Å². The van der Waals surface area contributed by atoms with Crippen molar-refractivity contribution in [2.45, 2.75) is 13.1 Å². The average molecular weight is 212 g/mol. The summed E-state index contributed by atoms with van der Waals surface area (Å²) >= 11 is 0. The highest BCUT2D eigenvalue weighted by Crippen LogP contribution is 2.06. The third-order valence-corrected chi connectivity index (χ3v) is 2.24. The lowest BCUT2D eigenvalue weighted by Crippen LogP contribution is -2.11. The van der Waals surface area contributed by atoms with E-state index in [1.165, 1.54) is 5.56 Å². The lowest BCUT2D eigenvalue weighted by Gasteiger charge is -2.02. The molecule has 0 aliphatic rings. The van der Waals surface area contributed by atoms with Crippen LogP contribution in [0.25, 0.3) is 0 Å². The van der Waals surface area contributed by atoms with Crippen LogP contribution in [0, 0.1) is 11.3 Å². The number of hydrogen-bond acceptors (Lipinski definition) is 3. The molecule has 2 aromatic rings. The summed E-state index contributed by atoms with van der Waals surface area (Å²) in [6.45, 7) is 1.43. The summed E-state index contributed by atoms with van der Waals surface area (Å²) < 4.78 is 5.25. The van der Waals surface area contributed by atoms with Crippen LogP contribution in [0.15, 0.2) is 46.9 Å². The highest BCUT2D eigenvalue weighted by atomic mass is 16.3. The molecule has 1 aromatic carbocycles. The predicted octanol–water partition coefficient (Wildman–Crippen LogP) is 2.44. The summed E-state index contributed by atoms with van der Waals surface area (Å²) in [4.78, 5) is 0. The van der Waals surface area contributed by atoms with Gasteiger partial charge in [-0.3, -0.25) is 0 Å². The van der Waals surface area contributed by atoms with Crippen molar-refractivity contribution in [2.24, 2.45) is 0 Å². The normalized spacial score (nSPS) is 9.94. The largest absolute Gasteiger partial charge is 0.449 e. The van der Waals surface area contributed by atoms with Crippen molar-refractivity contribution in [3.05, 3.63) is 59.5 Å². The Balaban J connectivity index is 1.83. The van der Waals surface area contributed by atoms with E-state index < -0.39 is 0 Å². The van der Waals surface area contributed by atoms with Crippen LogP contribution in [0.1, 0.15) is 17.1 Å². The first kappa shape index (κ1) is 10.5. The van der Waals surface area contributed by atoms with E-state index in [0.717, 1.165) is 12.3 Å². The third-order valence-electron chi connectivity index (χ3n) is 2.24. The van der Waals surface area contributed by atoms with Gasteiger partial charge < -0.3 is 9.73 Å². The number of benzene rings is 1. The van der Waals surface area contributed by atoms with Gasteiger partial charge in [-0.2, -0.15) is 5.26 Å². The molecular formula is C13H12N2O. The van der Waals surface area contributed by atoms with Crippen molar-refractivity contribution in [2.75, 3.05) is 0 Å². The Morgan fingerprint density at radius 1 is 1.06 bits per heavy atom. The summed E-state index contributed by atoms with van der Waals surface area (Å²) in [6.07, 6.45) is 0. The molecule has 0 aliphatic carbocycles. The molecule has 0 bridgehead atoms. The van der Waals surface area contributed by atoms with Crippen molar-refractivity contribution in [1.29, 1.82) is 5.26 Å². The van der Waals surface area contributed by atoms with Gasteiger partial charge >= 0.3 is 0 Å². The molecule has 1 N–H and O–H groups in total. The molecule has 0 aliphatic heterocycles. The maximum absolute atomic E-state index is 8.59. The Kier molecular flexibility index (Phi) is 3.37. The molecule has 0 amide bonds. The Hall–Kier alpha value is -2.05. The van der Waals surface area contributed by atoms with Gasteiger partial charge in [-0.25, -0.2) is 0 Å². The minimum atomic E-state index is 0.358. The molecule has 0 unspecified atom stereocenters. The zero-order valence-corrected chi connectivity index (χ0v) is 8.81. The molecule has 0 radical (unpaired) electrons. The zero-order chi connectivity index (χ0) is 11.2. The maximum Gasteiger partial charge on any atom is 0.203 e. The molecule has 2 rings (SSSR count). The molecule has 80 valence electrons. The van der Waals surface area contributed by atoms with E-state index in [1.807, 2.05) is 30.3 Å². The number of hydrogen-bond donors (Lipinski definition) is 1. The minimum absolute atomic E-state index is 0.358. The number of nitriles is 1. The van der Waals surface area contributed by atoms with Gasteiger partial charge in [-0.1, -0.05) is 30.3 Å². The molecule has 0 fully saturated rings. The lowest BCUT2D eigenvalue weighted by atomic mass is 10.2. The summed E-state index contributed by atoms with van der Waals surface area (Å²) in [5, 5.41) is 11.8. The number of nitrogens with one attached hydrogen (secondary N) is 1. The monoisotopic (exact) mass is 212 g/mol. The lowest BCUT2D eigenvalue weighted by molar-refractivity contribution is 0.474. The molecular weight excluding hydrogens is 200 g/mol. The van der Waals surface area contributed by atoms with Crippen LogP contribution >= 0.6 is 0 Å². The Morgan fingerprint density at radius 2 is 1.88 bits per heavy atom. The topological polar surface area (TPSA) is 49.0 Å². The van der Waals surface area contributed by atoms with Crippen LogP contribution in [-0.4, -0.2) is 0 Å². The quantitative estimate of drug-likeness (QED) is 0.846. The van der Waals surface area contributed by atoms with Crippen molar-refractivity contribution in [3.63, 3.8) is 0 Å². The van der Waals surface area contributed by atoms with E-state index in [9.17, 15) is 0 Å². The molecule has 0 saturated heterocycles. The van der Waals surface area contributed by atoms with E-state index in [1.54, 1.807) is 6.07 Å². The maximum atomic E-state index is 8.59. The van der Waals surface area contributed by atoms with Crippen LogP contribution in [0.4, 0.5) is 0 Å². The van der Waals surface area contributed by atoms with Crippen LogP contribution in [-0.2, 0) is 13.1 Å². The van der Waals surface area contributed by atoms with Crippen LogP contribution in [0.3, 0.4) is 0 Å². The van der Waals surface area contributed by atoms with E-state index in [4.69, 9.17) is 9.68 Å². The second-order valence-corrected chi connectivity index (χ2v) is 3.47. The standard InChI is InChI=1S/C13H12N2O/c14-8-12-6-7-13(16-12)10-15-9-11-4-2-1-3-5-11/h1-7,15H,9-10H2. The summed E-state index contributed by atoms with van der Waals surface area (Å²) in [5.74, 6) is 1.14. The second-order valence-electron chi connectivity index (χ2n) is 3.47. The highest BCUT2D eigenvalue weighted by Gasteiger charge is 2.00. The SMILES string of the molecule is N#Cc1ccc(CNCc2ccccc2)o1. The molecule has 0 atom stereocenters. The number of rotatable bonds is 4. The molecule has 16 heavy (non-hydrogen) atoms. The second kappa shape index (κ2) is 5.15. The van der Waals surface area contributed by atoms with Gasteiger partial charge in [-0.15, -0.1) is 0 Å². The van der Waals surface area contributed by atoms with Gasteiger partial charge in [0.2, 0.25) is 5.76 Å². The van der Waals surface area contributed by atoms with Crippen LogP contribution in [0.2, 0.25) is 0 Å². The first-order valence-electron chi connectivity index (χ1n) is 5.12. The van der Waals surface area contributed by atoms with Crippen LogP contribution in [0.5, 0.6) is 0 Å². The van der Waals surface area contributed by atoms with Gasteiger partial charge in [0.15, 0.2) is 0 Å². The van der Waals surface area contributed by atoms with Gasteiger partial charge in [0.1, 0.15) is 11.8 Å². The number of nitrogens with zero attached hydrogens (tertiary/aromatic N) is 1. The van der Waals surface area contributed by atoms with Gasteiger partial charge in [0.05, 0.1) is 6.54 Å². The fourth-order valence-corrected chi connectivity index (χ4v) is 1.46. The van der Waals surface area contributed by atoms with Crippen LogP contribution < -0.4 is 5.32 Å². The molecule has 3 heteroatoms. The first-order valence-corrected chi connectivity index (χ1v) is 5.12. The fraction of sp³-hybridized carbons (Fsp3) is 0.154. The average Bonchev–Trinajstić information content (AvgIpc) is 2.78. The minimum Gasteiger partial charge on any atom is -0.449 e. The fourth-order valence-electron chi connectivity index (χ4n) is 1.46. The zero-order valence-electron chi connectivity index (χ0n) is 8.81. The smallest absolute Gasteiger partial charge is 0.203 e. The highest BCUT2D eigenvalue weighted by molar-refractivity contribution is 5.19. The molecule has 0 spiro atoms. The Bertz CT molecular complexity index is 482. The summed E-state index contributed by atoms with van der Waals surface area (Å²) in [6, 6.07) is 15.6. The van der Waals surface area contributed by atoms with E-state index in [2.05, 4.69) is 17.4 Å². The van der Waals surface area contributed by atoms with Crippen molar-refractivity contribution < 1.29 is 4.42 Å². The van der Waals surface area contributed by atoms with E-state index in [-0.39, 0.29) is 0 Å². The Labute approximate surface area is 94.3 Å². The van der Waals surface area contributed by atoms with Crippen molar-refractivity contribution in [3.8, 4) is 6.07 Å². The Morgan fingerprint density at radius 3 is 2.56 bits per heavy atom. The van der Waals surface area contributed by atoms with Gasteiger partial charge in [0.25, 0.3) is 0 Å². The molecule has 3 nitrogen and oxygen atoms in total. The summed E-state index contributed by atoms with van der Waals surface area (Å²) in [5.41, 5.74) is 1.23. The predicted molar refractivity (Wildman–Crippen MR) is 60.4 cm³/mol. The molecule has 1 heterocycles. The molecule has 0 saturated carbocycles. The van der Waals surface area contributed by atoms with E-state index in [0.29, 0.717) is 12.3 Å². The third kappa shape index (κ3) is 2.72. The van der Waals surface area contributed by atoms with Crippen molar-refractivity contribution >= 4 is 0 Å². The van der Waals surface area contributed by atoms with Gasteiger partial charge in [-0.05, 0) is 17.7 Å². The van der Waals surface area contributed by atoms with E-state index >= 15 is 0 Å². The first-order chi connectivity index (χ1) is 7.88.